The number of nitrogens with one attached hydrogen (secondary N) is 1. The van der Waals surface area contributed by atoms with Gasteiger partial charge in [0.25, 0.3) is 0 Å². The molecule has 0 aliphatic carbocycles. The molecular weight excluding hydrogens is 315 g/mol. The van der Waals surface area contributed by atoms with Gasteiger partial charge in [0.15, 0.2) is 0 Å². The highest BCUT2D eigenvalue weighted by molar-refractivity contribution is 14.1. The van der Waals surface area contributed by atoms with Gasteiger partial charge in [0.05, 0.1) is 12.0 Å². The molecule has 1 aliphatic rings. The molecule has 1 aromatic heterocycles. The fourth-order valence-corrected chi connectivity index (χ4v) is 2.21. The largest absolute Gasteiger partial charge is 0.384 e. The van der Waals surface area contributed by atoms with Crippen molar-refractivity contribution in [2.75, 3.05) is 18.5 Å². The smallest absolute Gasteiger partial charge is 0.109 e. The van der Waals surface area contributed by atoms with Gasteiger partial charge < -0.3 is 8.38 Å². The van der Waals surface area contributed by atoms with E-state index in [4.69, 9.17) is 3.07 Å². The maximum absolute atomic E-state index is 5.01. The molecule has 1 aliphatic heterocycles. The third-order valence-electron chi connectivity index (χ3n) is 2.65. The van der Waals surface area contributed by atoms with Crippen LogP contribution in [0.15, 0.2) is 6.07 Å². The summed E-state index contributed by atoms with van der Waals surface area (Å²) in [5.74, 6) is 0. The van der Waals surface area contributed by atoms with Gasteiger partial charge in [0.1, 0.15) is 23.0 Å². The molecule has 0 saturated carbocycles. The molecule has 86 valence electrons. The Morgan fingerprint density at radius 1 is 1.56 bits per heavy atom. The van der Waals surface area contributed by atoms with Crippen molar-refractivity contribution in [3.63, 3.8) is 0 Å². The molecule has 0 amide bonds. The molecule has 0 saturated heterocycles. The zero-order valence-corrected chi connectivity index (χ0v) is 11.3. The summed E-state index contributed by atoms with van der Waals surface area (Å²) in [6.45, 7) is 5.78. The second-order valence-electron chi connectivity index (χ2n) is 3.86. The minimum absolute atomic E-state index is 0.769. The van der Waals surface area contributed by atoms with Crippen molar-refractivity contribution in [2.24, 2.45) is 0 Å². The van der Waals surface area contributed by atoms with Crippen LogP contribution in [0, 0.1) is 0 Å². The van der Waals surface area contributed by atoms with Crippen molar-refractivity contribution in [3.8, 4) is 0 Å². The van der Waals surface area contributed by atoms with Crippen LogP contribution in [0.2, 0.25) is 0 Å². The summed E-state index contributed by atoms with van der Waals surface area (Å²) in [5, 5.41) is 5.44. The second-order valence-corrected chi connectivity index (χ2v) is 4.48. The lowest BCUT2D eigenvalue weighted by molar-refractivity contribution is 0.413. The van der Waals surface area contributed by atoms with E-state index < -0.39 is 0 Å². The van der Waals surface area contributed by atoms with Crippen LogP contribution in [0.5, 0.6) is 0 Å². The van der Waals surface area contributed by atoms with Crippen molar-refractivity contribution in [1.82, 2.24) is 4.98 Å². The Kier molecular flexibility index (Phi) is 4.17. The van der Waals surface area contributed by atoms with Crippen LogP contribution in [0.3, 0.4) is 0 Å². The zero-order chi connectivity index (χ0) is 11.4. The van der Waals surface area contributed by atoms with Crippen molar-refractivity contribution in [2.45, 2.75) is 19.3 Å². The molecule has 4 heteroatoms. The Labute approximate surface area is 109 Å². The van der Waals surface area contributed by atoms with E-state index in [2.05, 4.69) is 29.0 Å². The van der Waals surface area contributed by atoms with E-state index in [0.29, 0.717) is 0 Å². The molecular formula is C12H15IN2O. The third kappa shape index (κ3) is 2.74. The number of pyridine rings is 1. The summed E-state index contributed by atoms with van der Waals surface area (Å²) < 4.78 is 5.01. The van der Waals surface area contributed by atoms with Gasteiger partial charge in [-0.15, -0.1) is 0 Å². The summed E-state index contributed by atoms with van der Waals surface area (Å²) in [6, 6.07) is 2.13. The normalized spacial score (nSPS) is 13.8. The van der Waals surface area contributed by atoms with Gasteiger partial charge in [0, 0.05) is 23.1 Å². The van der Waals surface area contributed by atoms with Gasteiger partial charge in [-0.3, -0.25) is 4.98 Å². The number of aryl methyl sites for hydroxylation is 1. The van der Waals surface area contributed by atoms with Gasteiger partial charge in [-0.1, -0.05) is 12.7 Å². The number of hydrogen-bond acceptors (Lipinski definition) is 3. The van der Waals surface area contributed by atoms with E-state index in [0.717, 1.165) is 43.5 Å². The van der Waals surface area contributed by atoms with Crippen LogP contribution in [-0.4, -0.2) is 18.1 Å². The Bertz CT molecular complexity index is 473. The zero-order valence-electron chi connectivity index (χ0n) is 9.13. The van der Waals surface area contributed by atoms with Crippen LogP contribution in [0.25, 0.3) is 12.7 Å². The summed E-state index contributed by atoms with van der Waals surface area (Å²) in [4.78, 5) is 4.52. The summed E-state index contributed by atoms with van der Waals surface area (Å²) in [7, 11) is 0. The maximum Gasteiger partial charge on any atom is 0.109 e. The first-order valence-corrected chi connectivity index (χ1v) is 6.36. The van der Waals surface area contributed by atoms with E-state index in [1.165, 1.54) is 10.9 Å². The lowest BCUT2D eigenvalue weighted by Gasteiger charge is -2.13. The lowest BCUT2D eigenvalue weighted by atomic mass is 10.1. The fraction of sp³-hybridized carbons (Fsp3) is 0.417. The molecule has 2 rings (SSSR count). The number of fused-ring (bicyclic) bond motifs is 1. The van der Waals surface area contributed by atoms with Crippen LogP contribution in [0.1, 0.15) is 18.5 Å². The minimum atomic E-state index is 0.769. The molecule has 0 unspecified atom stereocenters. The highest BCUT2D eigenvalue weighted by Crippen LogP contribution is 2.07. The number of nitrogens with zero attached hydrogens (tertiary/aromatic N) is 1. The maximum atomic E-state index is 5.01. The molecule has 0 bridgehead atoms. The molecule has 0 spiro atoms. The molecule has 0 atom stereocenters. The highest BCUT2D eigenvalue weighted by Gasteiger charge is 2.04. The average Bonchev–Trinajstić information content (AvgIpc) is 2.30. The molecule has 16 heavy (non-hydrogen) atoms. The predicted molar refractivity (Wildman–Crippen MR) is 74.9 cm³/mol. The van der Waals surface area contributed by atoms with E-state index >= 15 is 0 Å². The van der Waals surface area contributed by atoms with Crippen molar-refractivity contribution in [3.05, 3.63) is 22.3 Å². The van der Waals surface area contributed by atoms with E-state index in [-0.39, 0.29) is 0 Å². The molecule has 2 heterocycles. The first kappa shape index (κ1) is 11.9. The van der Waals surface area contributed by atoms with Crippen molar-refractivity contribution >= 4 is 41.3 Å². The number of anilines is 1. The van der Waals surface area contributed by atoms with Gasteiger partial charge in [0.2, 0.25) is 0 Å². The first-order chi connectivity index (χ1) is 7.81. The predicted octanol–water partition coefficient (Wildman–Crippen LogP) is 1.39. The molecule has 0 fully saturated rings. The Morgan fingerprint density at radius 2 is 2.44 bits per heavy atom. The van der Waals surface area contributed by atoms with Crippen molar-refractivity contribution in [1.29, 1.82) is 0 Å². The second kappa shape index (κ2) is 5.63. The van der Waals surface area contributed by atoms with Gasteiger partial charge in [-0.05, 0) is 25.3 Å². The van der Waals surface area contributed by atoms with Crippen molar-refractivity contribution < 1.29 is 3.07 Å². The van der Waals surface area contributed by atoms with Crippen LogP contribution < -0.4 is 15.9 Å². The van der Waals surface area contributed by atoms with Gasteiger partial charge in [-0.25, -0.2) is 0 Å². The quantitative estimate of drug-likeness (QED) is 0.669. The average molecular weight is 330 g/mol. The standard InChI is InChI=1S/C12H15IN2O/c1-9-11-5-2-6-14-12(11)8-10(15-9)4-3-7-16-13/h5,8,14H,1-4,6-7H2. The SMILES string of the molecule is C=c1nc(CCCOI)cc2c1=CCCN2. The number of aromatic nitrogens is 1. The fourth-order valence-electron chi connectivity index (χ4n) is 1.90. The first-order valence-electron chi connectivity index (χ1n) is 5.48. The van der Waals surface area contributed by atoms with E-state index in [1.807, 2.05) is 23.0 Å². The number of rotatable bonds is 4. The van der Waals surface area contributed by atoms with Gasteiger partial charge in [-0.2, -0.15) is 0 Å². The topological polar surface area (TPSA) is 34.1 Å². The molecule has 1 N–H and O–H groups in total. The number of halogens is 1. The summed E-state index contributed by atoms with van der Waals surface area (Å²) in [6.07, 6.45) is 5.20. The Balaban J connectivity index is 2.23. The van der Waals surface area contributed by atoms with E-state index in [1.54, 1.807) is 0 Å². The monoisotopic (exact) mass is 330 g/mol. The lowest BCUT2D eigenvalue weighted by Crippen LogP contribution is -2.33. The summed E-state index contributed by atoms with van der Waals surface area (Å²) in [5.41, 5.74) is 2.27. The third-order valence-corrected chi connectivity index (χ3v) is 3.09. The highest BCUT2D eigenvalue weighted by atomic mass is 127. The minimum Gasteiger partial charge on any atom is -0.384 e. The molecule has 0 aromatic carbocycles. The Morgan fingerprint density at radius 3 is 3.25 bits per heavy atom. The van der Waals surface area contributed by atoms with Gasteiger partial charge >= 0.3 is 0 Å². The molecule has 3 nitrogen and oxygen atoms in total. The molecule has 1 aromatic rings. The van der Waals surface area contributed by atoms with Crippen LogP contribution in [-0.2, 0) is 9.49 Å². The van der Waals surface area contributed by atoms with Crippen LogP contribution >= 0.6 is 23.0 Å². The van der Waals surface area contributed by atoms with Crippen LogP contribution in [0.4, 0.5) is 5.69 Å². The molecule has 0 radical (unpaired) electrons. The number of hydrogen-bond donors (Lipinski definition) is 1. The Hall–Kier alpha value is -0.620. The van der Waals surface area contributed by atoms with E-state index in [9.17, 15) is 0 Å². The summed E-state index contributed by atoms with van der Waals surface area (Å²) >= 11 is 1.92.